The van der Waals surface area contributed by atoms with E-state index in [0.29, 0.717) is 0 Å². The van der Waals surface area contributed by atoms with Crippen molar-refractivity contribution in [2.45, 2.75) is 19.9 Å². The normalized spacial score (nSPS) is 10.4. The number of amides is 2. The molecule has 1 aromatic rings. The van der Waals surface area contributed by atoms with Crippen molar-refractivity contribution < 1.29 is 19.1 Å². The first kappa shape index (κ1) is 15.4. The monoisotopic (exact) mass is 332 g/mol. The molecule has 5 nitrogen and oxygen atoms in total. The summed E-state index contributed by atoms with van der Waals surface area (Å²) >= 11 is 3.00. The van der Waals surface area contributed by atoms with Gasteiger partial charge in [-0.15, -0.1) is 0 Å². The van der Waals surface area contributed by atoms with Crippen LogP contribution >= 0.6 is 15.9 Å². The molecule has 0 saturated carbocycles. The molecule has 1 aromatic carbocycles. The molecule has 0 aromatic heterocycles. The van der Waals surface area contributed by atoms with Crippen LogP contribution in [0.2, 0.25) is 0 Å². The van der Waals surface area contributed by atoms with Crippen molar-refractivity contribution in [2.75, 3.05) is 11.9 Å². The zero-order valence-electron chi connectivity index (χ0n) is 10.5. The van der Waals surface area contributed by atoms with E-state index in [2.05, 4.69) is 21.2 Å². The maximum Gasteiger partial charge on any atom is 0.323 e. The van der Waals surface area contributed by atoms with Gasteiger partial charge in [-0.1, -0.05) is 0 Å². The lowest BCUT2D eigenvalue weighted by molar-refractivity contribution is -0.137. The van der Waals surface area contributed by atoms with Crippen LogP contribution < -0.4 is 5.32 Å². The second kappa shape index (κ2) is 6.51. The quantitative estimate of drug-likeness (QED) is 0.890. The average Bonchev–Trinajstić information content (AvgIpc) is 2.30. The minimum atomic E-state index is -1.11. The van der Waals surface area contributed by atoms with Gasteiger partial charge in [0.15, 0.2) is 0 Å². The molecule has 0 bridgehead atoms. The number of anilines is 1. The number of carbonyl (C=O) groups is 2. The molecule has 2 amide bonds. The van der Waals surface area contributed by atoms with Crippen LogP contribution in [0.25, 0.3) is 0 Å². The summed E-state index contributed by atoms with van der Waals surface area (Å²) in [5, 5.41) is 11.2. The summed E-state index contributed by atoms with van der Waals surface area (Å²) in [7, 11) is 0. The second-order valence-electron chi connectivity index (χ2n) is 4.17. The van der Waals surface area contributed by atoms with E-state index in [1.165, 1.54) is 12.1 Å². The molecule has 0 atom stereocenters. The fraction of sp³-hybridized carbons (Fsp3) is 0.333. The third-order valence-electron chi connectivity index (χ3n) is 2.36. The Morgan fingerprint density at radius 3 is 2.58 bits per heavy atom. The molecule has 2 N–H and O–H groups in total. The Morgan fingerprint density at radius 2 is 2.11 bits per heavy atom. The predicted molar refractivity (Wildman–Crippen MR) is 72.6 cm³/mol. The maximum absolute atomic E-state index is 13.3. The highest BCUT2D eigenvalue weighted by Crippen LogP contribution is 2.19. The molecule has 0 fully saturated rings. The van der Waals surface area contributed by atoms with Crippen LogP contribution in [0.3, 0.4) is 0 Å². The first-order valence-corrected chi connectivity index (χ1v) is 6.35. The largest absolute Gasteiger partial charge is 0.480 e. The second-order valence-corrected chi connectivity index (χ2v) is 5.03. The molecule has 7 heteroatoms. The number of carboxylic acids is 1. The summed E-state index contributed by atoms with van der Waals surface area (Å²) in [5.74, 6) is -1.61. The van der Waals surface area contributed by atoms with Crippen molar-refractivity contribution in [2.24, 2.45) is 0 Å². The van der Waals surface area contributed by atoms with Gasteiger partial charge in [-0.2, -0.15) is 0 Å². The van der Waals surface area contributed by atoms with Gasteiger partial charge < -0.3 is 15.3 Å². The molecule has 0 radical (unpaired) electrons. The van der Waals surface area contributed by atoms with Gasteiger partial charge in [-0.05, 0) is 48.0 Å². The van der Waals surface area contributed by atoms with E-state index in [9.17, 15) is 14.0 Å². The van der Waals surface area contributed by atoms with E-state index in [0.717, 1.165) is 11.0 Å². The van der Waals surface area contributed by atoms with Crippen LogP contribution in [0.4, 0.5) is 14.9 Å². The lowest BCUT2D eigenvalue weighted by Gasteiger charge is -2.25. The van der Waals surface area contributed by atoms with Crippen LogP contribution in [0.1, 0.15) is 13.8 Å². The number of hydrogen-bond donors (Lipinski definition) is 2. The Balaban J connectivity index is 2.81. The molecule has 0 aliphatic carbocycles. The molecule has 0 aliphatic rings. The summed E-state index contributed by atoms with van der Waals surface area (Å²) < 4.78 is 13.6. The smallest absolute Gasteiger partial charge is 0.323 e. The molecule has 19 heavy (non-hydrogen) atoms. The Bertz CT molecular complexity index is 494. The van der Waals surface area contributed by atoms with Gasteiger partial charge in [0.25, 0.3) is 0 Å². The number of nitrogens with zero attached hydrogens (tertiary/aromatic N) is 1. The number of nitrogens with one attached hydrogen (secondary N) is 1. The van der Waals surface area contributed by atoms with E-state index >= 15 is 0 Å². The number of carboxylic acid groups (broad SMARTS) is 1. The third-order valence-corrected chi connectivity index (χ3v) is 3.00. The number of benzene rings is 1. The van der Waals surface area contributed by atoms with E-state index in [4.69, 9.17) is 5.11 Å². The number of carbonyl (C=O) groups excluding carboxylic acids is 1. The van der Waals surface area contributed by atoms with Crippen molar-refractivity contribution in [3.05, 3.63) is 28.5 Å². The molecule has 1 rings (SSSR count). The van der Waals surface area contributed by atoms with Gasteiger partial charge >= 0.3 is 12.0 Å². The van der Waals surface area contributed by atoms with E-state index in [1.54, 1.807) is 13.8 Å². The summed E-state index contributed by atoms with van der Waals surface area (Å²) in [5.41, 5.74) is 0.265. The Morgan fingerprint density at radius 1 is 1.47 bits per heavy atom. The SMILES string of the molecule is CC(C)N(CC(=O)O)C(=O)Nc1ccc(Br)c(F)c1. The number of hydrogen-bond acceptors (Lipinski definition) is 2. The van der Waals surface area contributed by atoms with Gasteiger partial charge in [0, 0.05) is 11.7 Å². The highest BCUT2D eigenvalue weighted by atomic mass is 79.9. The zero-order chi connectivity index (χ0) is 14.6. The van der Waals surface area contributed by atoms with Crippen molar-refractivity contribution >= 4 is 33.6 Å². The van der Waals surface area contributed by atoms with Gasteiger partial charge in [0.2, 0.25) is 0 Å². The lowest BCUT2D eigenvalue weighted by atomic mass is 10.3. The van der Waals surface area contributed by atoms with Crippen LogP contribution in [0, 0.1) is 5.82 Å². The molecule has 0 unspecified atom stereocenters. The molecule has 0 aliphatic heterocycles. The Kier molecular flexibility index (Phi) is 5.29. The van der Waals surface area contributed by atoms with Crippen LogP contribution in [0.15, 0.2) is 22.7 Å². The maximum atomic E-state index is 13.3. The summed E-state index contributed by atoms with van der Waals surface area (Å²) in [6, 6.07) is 3.27. The fourth-order valence-electron chi connectivity index (χ4n) is 1.40. The Labute approximate surface area is 118 Å². The molecular weight excluding hydrogens is 319 g/mol. The van der Waals surface area contributed by atoms with Crippen molar-refractivity contribution in [1.82, 2.24) is 4.90 Å². The summed E-state index contributed by atoms with van der Waals surface area (Å²) in [6.07, 6.45) is 0. The molecule has 104 valence electrons. The number of aliphatic carboxylic acids is 1. The number of rotatable bonds is 4. The lowest BCUT2D eigenvalue weighted by Crippen LogP contribution is -2.43. The fourth-order valence-corrected chi connectivity index (χ4v) is 1.65. The minimum absolute atomic E-state index is 0.265. The average molecular weight is 333 g/mol. The van der Waals surface area contributed by atoms with E-state index in [1.807, 2.05) is 0 Å². The minimum Gasteiger partial charge on any atom is -0.480 e. The summed E-state index contributed by atoms with van der Waals surface area (Å²) in [4.78, 5) is 23.7. The van der Waals surface area contributed by atoms with Crippen LogP contribution in [0.5, 0.6) is 0 Å². The van der Waals surface area contributed by atoms with Gasteiger partial charge in [-0.25, -0.2) is 9.18 Å². The summed E-state index contributed by atoms with van der Waals surface area (Å²) in [6.45, 7) is 2.98. The third kappa shape index (κ3) is 4.51. The molecule has 0 spiro atoms. The molecule has 0 heterocycles. The van der Waals surface area contributed by atoms with Crippen molar-refractivity contribution in [3.63, 3.8) is 0 Å². The molecule has 0 saturated heterocycles. The van der Waals surface area contributed by atoms with Crippen molar-refractivity contribution in [3.8, 4) is 0 Å². The first-order valence-electron chi connectivity index (χ1n) is 5.55. The highest BCUT2D eigenvalue weighted by molar-refractivity contribution is 9.10. The van der Waals surface area contributed by atoms with Crippen molar-refractivity contribution in [1.29, 1.82) is 0 Å². The highest BCUT2D eigenvalue weighted by Gasteiger charge is 2.20. The van der Waals surface area contributed by atoms with Gasteiger partial charge in [0.1, 0.15) is 12.4 Å². The van der Waals surface area contributed by atoms with E-state index in [-0.39, 0.29) is 16.2 Å². The Hall–Kier alpha value is -1.63. The number of halogens is 2. The van der Waals surface area contributed by atoms with Crippen LogP contribution in [-0.4, -0.2) is 34.6 Å². The topological polar surface area (TPSA) is 69.6 Å². The van der Waals surface area contributed by atoms with Gasteiger partial charge in [0.05, 0.1) is 4.47 Å². The molecular formula is C12H14BrFN2O3. The first-order chi connectivity index (χ1) is 8.81. The zero-order valence-corrected chi connectivity index (χ0v) is 12.1. The predicted octanol–water partition coefficient (Wildman–Crippen LogP) is 2.92. The van der Waals surface area contributed by atoms with Crippen LogP contribution in [-0.2, 0) is 4.79 Å². The van der Waals surface area contributed by atoms with Gasteiger partial charge in [-0.3, -0.25) is 4.79 Å². The standard InChI is InChI=1S/C12H14BrFN2O3/c1-7(2)16(6-11(17)18)12(19)15-8-3-4-9(13)10(14)5-8/h3-5,7H,6H2,1-2H3,(H,15,19)(H,17,18). The van der Waals surface area contributed by atoms with E-state index < -0.39 is 24.4 Å². The number of urea groups is 1.